The molecular weight excluding hydrogens is 448 g/mol. The van der Waals surface area contributed by atoms with Gasteiger partial charge in [-0.1, -0.05) is 19.1 Å². The van der Waals surface area contributed by atoms with Gasteiger partial charge in [0.1, 0.15) is 17.3 Å². The number of morpholine rings is 1. The van der Waals surface area contributed by atoms with E-state index in [2.05, 4.69) is 4.90 Å². The highest BCUT2D eigenvalue weighted by Gasteiger charge is 2.46. The fraction of sp³-hybridized carbons (Fsp3) is 0.407. The lowest BCUT2D eigenvalue weighted by molar-refractivity contribution is -0.140. The van der Waals surface area contributed by atoms with E-state index in [4.69, 9.17) is 14.2 Å². The van der Waals surface area contributed by atoms with Crippen LogP contribution < -0.4 is 9.47 Å². The van der Waals surface area contributed by atoms with Gasteiger partial charge in [-0.2, -0.15) is 0 Å². The molecule has 0 aromatic heterocycles. The van der Waals surface area contributed by atoms with Crippen molar-refractivity contribution in [1.82, 2.24) is 9.80 Å². The van der Waals surface area contributed by atoms with Crippen LogP contribution in [0.2, 0.25) is 0 Å². The summed E-state index contributed by atoms with van der Waals surface area (Å²) in [6.07, 6.45) is 0.861. The summed E-state index contributed by atoms with van der Waals surface area (Å²) < 4.78 is 16.4. The largest absolute Gasteiger partial charge is 0.507 e. The number of aliphatic hydroxyl groups excluding tert-OH is 1. The Kier molecular flexibility index (Phi) is 8.05. The number of amides is 1. The lowest BCUT2D eigenvalue weighted by Gasteiger charge is -2.31. The number of carbonyl (C=O) groups is 2. The Labute approximate surface area is 205 Å². The molecule has 2 aliphatic rings. The van der Waals surface area contributed by atoms with Crippen LogP contribution in [-0.2, 0) is 14.3 Å². The third-order valence-electron chi connectivity index (χ3n) is 6.31. The Bertz CT molecular complexity index is 1080. The van der Waals surface area contributed by atoms with Crippen molar-refractivity contribution in [3.05, 3.63) is 65.2 Å². The molecule has 35 heavy (non-hydrogen) atoms. The Morgan fingerprint density at radius 1 is 1.06 bits per heavy atom. The second-order valence-electron chi connectivity index (χ2n) is 8.60. The maximum atomic E-state index is 13.2. The van der Waals surface area contributed by atoms with E-state index >= 15 is 0 Å². The van der Waals surface area contributed by atoms with E-state index in [9.17, 15) is 14.7 Å². The van der Waals surface area contributed by atoms with E-state index in [1.165, 1.54) is 0 Å². The number of hydrogen-bond acceptors (Lipinski definition) is 7. The highest BCUT2D eigenvalue weighted by molar-refractivity contribution is 6.46. The molecule has 0 aliphatic carbocycles. The molecule has 2 aromatic rings. The predicted octanol–water partition coefficient (Wildman–Crippen LogP) is 3.24. The number of hydrogen-bond donors (Lipinski definition) is 1. The summed E-state index contributed by atoms with van der Waals surface area (Å²) in [5, 5.41) is 11.2. The number of nitrogens with zero attached hydrogens (tertiary/aromatic N) is 2. The molecular formula is C27H32N2O6. The molecule has 0 saturated carbocycles. The average Bonchev–Trinajstić information content (AvgIpc) is 3.16. The third-order valence-corrected chi connectivity index (χ3v) is 6.31. The molecule has 0 radical (unpaired) electrons. The van der Waals surface area contributed by atoms with Gasteiger partial charge in [0.15, 0.2) is 0 Å². The molecule has 2 fully saturated rings. The molecule has 1 atom stereocenters. The van der Waals surface area contributed by atoms with E-state index in [0.717, 1.165) is 25.1 Å². The van der Waals surface area contributed by atoms with Crippen molar-refractivity contribution in [3.63, 3.8) is 0 Å². The van der Waals surface area contributed by atoms with Gasteiger partial charge in [0.05, 0.1) is 38.5 Å². The molecule has 2 saturated heterocycles. The SMILES string of the molecule is CCCOc1cccc([C@H]2/C(=C(\O)c3ccc(OC)cc3)C(=O)C(=O)N2CCN2CCOCC2)c1. The first-order chi connectivity index (χ1) is 17.0. The van der Waals surface area contributed by atoms with Gasteiger partial charge in [0.25, 0.3) is 11.7 Å². The Morgan fingerprint density at radius 2 is 1.80 bits per heavy atom. The van der Waals surface area contributed by atoms with E-state index in [1.807, 2.05) is 31.2 Å². The maximum absolute atomic E-state index is 13.2. The van der Waals surface area contributed by atoms with Gasteiger partial charge in [0, 0.05) is 31.7 Å². The minimum Gasteiger partial charge on any atom is -0.507 e. The summed E-state index contributed by atoms with van der Waals surface area (Å²) in [5.74, 6) is -0.217. The van der Waals surface area contributed by atoms with Crippen molar-refractivity contribution in [3.8, 4) is 11.5 Å². The van der Waals surface area contributed by atoms with E-state index < -0.39 is 17.7 Å². The quantitative estimate of drug-likeness (QED) is 0.335. The number of aliphatic hydroxyl groups is 1. The van der Waals surface area contributed by atoms with Gasteiger partial charge >= 0.3 is 0 Å². The van der Waals surface area contributed by atoms with E-state index in [-0.39, 0.29) is 11.3 Å². The van der Waals surface area contributed by atoms with Gasteiger partial charge < -0.3 is 24.2 Å². The van der Waals surface area contributed by atoms with Crippen molar-refractivity contribution in [2.24, 2.45) is 0 Å². The molecule has 2 aromatic carbocycles. The lowest BCUT2D eigenvalue weighted by atomic mass is 9.95. The van der Waals surface area contributed by atoms with Crippen LogP contribution in [0.4, 0.5) is 0 Å². The molecule has 0 spiro atoms. The smallest absolute Gasteiger partial charge is 0.295 e. The summed E-state index contributed by atoms with van der Waals surface area (Å²) in [7, 11) is 1.56. The number of rotatable bonds is 9. The van der Waals surface area contributed by atoms with E-state index in [1.54, 1.807) is 36.3 Å². The number of carbonyl (C=O) groups excluding carboxylic acids is 2. The minimum atomic E-state index is -0.719. The molecule has 0 bridgehead atoms. The van der Waals surface area contributed by atoms with Crippen LogP contribution in [0.25, 0.3) is 5.76 Å². The van der Waals surface area contributed by atoms with Crippen LogP contribution in [0.1, 0.15) is 30.5 Å². The zero-order valence-corrected chi connectivity index (χ0v) is 20.2. The summed E-state index contributed by atoms with van der Waals surface area (Å²) in [6, 6.07) is 13.4. The van der Waals surface area contributed by atoms with Crippen molar-refractivity contribution < 1.29 is 28.9 Å². The number of ether oxygens (including phenoxy) is 3. The average molecular weight is 481 g/mol. The summed E-state index contributed by atoms with van der Waals surface area (Å²) in [5.41, 5.74) is 1.24. The zero-order chi connectivity index (χ0) is 24.8. The van der Waals surface area contributed by atoms with Crippen LogP contribution in [0.5, 0.6) is 11.5 Å². The van der Waals surface area contributed by atoms with Crippen LogP contribution in [0, 0.1) is 0 Å². The molecule has 1 N–H and O–H groups in total. The Morgan fingerprint density at radius 3 is 2.49 bits per heavy atom. The minimum absolute atomic E-state index is 0.0785. The van der Waals surface area contributed by atoms with Crippen LogP contribution in [-0.4, -0.2) is 79.7 Å². The lowest BCUT2D eigenvalue weighted by Crippen LogP contribution is -2.42. The summed E-state index contributed by atoms with van der Waals surface area (Å²) in [4.78, 5) is 30.2. The molecule has 2 heterocycles. The summed E-state index contributed by atoms with van der Waals surface area (Å²) in [6.45, 7) is 6.41. The van der Waals surface area contributed by atoms with Gasteiger partial charge in [-0.05, 0) is 48.4 Å². The molecule has 4 rings (SSSR count). The third kappa shape index (κ3) is 5.49. The number of Topliss-reactive ketones (excluding diaryl/α,β-unsaturated/α-hetero) is 1. The maximum Gasteiger partial charge on any atom is 0.295 e. The van der Waals surface area contributed by atoms with E-state index in [0.29, 0.717) is 50.0 Å². The van der Waals surface area contributed by atoms with Gasteiger partial charge in [0.2, 0.25) is 0 Å². The molecule has 2 aliphatic heterocycles. The standard InChI is InChI=1S/C27H32N2O6/c1-3-15-35-22-6-4-5-20(18-22)24-23(25(30)19-7-9-21(33-2)10-8-19)26(31)27(32)29(24)12-11-28-13-16-34-17-14-28/h4-10,18,24,30H,3,11-17H2,1-2H3/b25-23+/t24-/m0/s1. The molecule has 8 heteroatoms. The zero-order valence-electron chi connectivity index (χ0n) is 20.2. The van der Waals surface area contributed by atoms with Crippen LogP contribution >= 0.6 is 0 Å². The first kappa shape index (κ1) is 24.8. The van der Waals surface area contributed by atoms with Gasteiger partial charge in [-0.25, -0.2) is 0 Å². The number of likely N-dealkylation sites (tertiary alicyclic amines) is 1. The van der Waals surface area contributed by atoms with Gasteiger partial charge in [-0.15, -0.1) is 0 Å². The van der Waals surface area contributed by atoms with Crippen molar-refractivity contribution in [2.45, 2.75) is 19.4 Å². The fourth-order valence-electron chi connectivity index (χ4n) is 4.43. The fourth-order valence-corrected chi connectivity index (χ4v) is 4.43. The highest BCUT2D eigenvalue weighted by atomic mass is 16.5. The first-order valence-electron chi connectivity index (χ1n) is 12.0. The monoisotopic (exact) mass is 480 g/mol. The number of methoxy groups -OCH3 is 1. The molecule has 1 amide bonds. The normalized spacial score (nSPS) is 20.3. The number of ketones is 1. The molecule has 186 valence electrons. The second kappa shape index (κ2) is 11.4. The topological polar surface area (TPSA) is 88.5 Å². The Balaban J connectivity index is 1.72. The predicted molar refractivity (Wildman–Crippen MR) is 131 cm³/mol. The Hall–Kier alpha value is -3.36. The van der Waals surface area contributed by atoms with Gasteiger partial charge in [-0.3, -0.25) is 14.5 Å². The van der Waals surface area contributed by atoms with Crippen molar-refractivity contribution in [1.29, 1.82) is 0 Å². The first-order valence-corrected chi connectivity index (χ1v) is 12.0. The summed E-state index contributed by atoms with van der Waals surface area (Å²) >= 11 is 0. The van der Waals surface area contributed by atoms with Crippen LogP contribution in [0.3, 0.4) is 0 Å². The number of benzene rings is 2. The molecule has 0 unspecified atom stereocenters. The highest BCUT2D eigenvalue weighted by Crippen LogP contribution is 2.40. The van der Waals surface area contributed by atoms with Crippen molar-refractivity contribution >= 4 is 17.4 Å². The second-order valence-corrected chi connectivity index (χ2v) is 8.60. The van der Waals surface area contributed by atoms with Crippen molar-refractivity contribution in [2.75, 3.05) is 53.1 Å². The molecule has 8 nitrogen and oxygen atoms in total. The van der Waals surface area contributed by atoms with Crippen LogP contribution in [0.15, 0.2) is 54.1 Å².